The molecule has 1 aromatic heterocycles. The van der Waals surface area contributed by atoms with E-state index in [9.17, 15) is 9.59 Å². The Morgan fingerprint density at radius 1 is 1.25 bits per heavy atom. The number of nitrogens with one attached hydrogen (secondary N) is 1. The molecule has 0 atom stereocenters. The zero-order valence-electron chi connectivity index (χ0n) is 11.9. The van der Waals surface area contributed by atoms with E-state index >= 15 is 0 Å². The van der Waals surface area contributed by atoms with Gasteiger partial charge in [0, 0.05) is 13.0 Å². The van der Waals surface area contributed by atoms with Crippen LogP contribution >= 0.6 is 11.5 Å². The van der Waals surface area contributed by atoms with Crippen molar-refractivity contribution in [1.29, 1.82) is 0 Å². The largest absolute Gasteiger partial charge is 0.481 e. The lowest BCUT2D eigenvalue weighted by atomic mass is 10.1. The van der Waals surface area contributed by atoms with Crippen molar-refractivity contribution in [1.82, 2.24) is 14.9 Å². The summed E-state index contributed by atoms with van der Waals surface area (Å²) in [6, 6.07) is 0. The summed E-state index contributed by atoms with van der Waals surface area (Å²) in [7, 11) is 0. The number of nitrogens with zero attached hydrogens (tertiary/aromatic N) is 2. The van der Waals surface area contributed by atoms with E-state index in [0.29, 0.717) is 17.8 Å². The van der Waals surface area contributed by atoms with Crippen LogP contribution in [0.15, 0.2) is 0 Å². The molecule has 7 heteroatoms. The maximum atomic E-state index is 12.0. The monoisotopic (exact) mass is 299 g/mol. The fourth-order valence-corrected chi connectivity index (χ4v) is 2.51. The van der Waals surface area contributed by atoms with Gasteiger partial charge in [0.1, 0.15) is 4.88 Å². The summed E-state index contributed by atoms with van der Waals surface area (Å²) in [6.07, 6.45) is 3.57. The summed E-state index contributed by atoms with van der Waals surface area (Å²) in [5.74, 6) is -0.683. The molecule has 1 rings (SSSR count). The number of aliphatic carboxylic acids is 1. The average Bonchev–Trinajstić information content (AvgIpc) is 2.86. The van der Waals surface area contributed by atoms with E-state index in [1.165, 1.54) is 0 Å². The number of carbonyl (C=O) groups is 2. The van der Waals surface area contributed by atoms with Gasteiger partial charge in [-0.1, -0.05) is 31.2 Å². The number of hydrogen-bond acceptors (Lipinski definition) is 5. The van der Waals surface area contributed by atoms with Gasteiger partial charge in [0.05, 0.1) is 5.69 Å². The van der Waals surface area contributed by atoms with E-state index in [4.69, 9.17) is 5.11 Å². The Hall–Kier alpha value is -1.50. The first-order chi connectivity index (χ1) is 9.52. The minimum absolute atomic E-state index is 0.116. The maximum Gasteiger partial charge on any atom is 0.303 e. The lowest BCUT2D eigenvalue weighted by Gasteiger charge is -2.06. The van der Waals surface area contributed by atoms with E-state index in [-0.39, 0.29) is 18.2 Å². The third kappa shape index (κ3) is 5.64. The molecule has 0 saturated heterocycles. The summed E-state index contributed by atoms with van der Waals surface area (Å²) in [4.78, 5) is 22.9. The Balaban J connectivity index is 2.20. The highest BCUT2D eigenvalue weighted by molar-refractivity contribution is 7.08. The number of carboxylic acids is 1. The summed E-state index contributed by atoms with van der Waals surface area (Å²) in [6.45, 7) is 4.56. The number of carboxylic acid groups (broad SMARTS) is 1. The number of hydrogen-bond donors (Lipinski definition) is 2. The first-order valence-corrected chi connectivity index (χ1v) is 7.62. The molecule has 0 fully saturated rings. The molecular weight excluding hydrogens is 278 g/mol. The zero-order valence-corrected chi connectivity index (χ0v) is 12.7. The Morgan fingerprint density at radius 2 is 1.95 bits per heavy atom. The van der Waals surface area contributed by atoms with Crippen LogP contribution in [0, 0.1) is 0 Å². The van der Waals surface area contributed by atoms with Gasteiger partial charge in [-0.25, -0.2) is 0 Å². The lowest BCUT2D eigenvalue weighted by molar-refractivity contribution is -0.137. The summed E-state index contributed by atoms with van der Waals surface area (Å²) in [5.41, 5.74) is 0.744. The van der Waals surface area contributed by atoms with Crippen molar-refractivity contribution < 1.29 is 14.7 Å². The molecule has 0 unspecified atom stereocenters. The average molecular weight is 299 g/mol. The van der Waals surface area contributed by atoms with E-state index in [2.05, 4.69) is 14.9 Å². The van der Waals surface area contributed by atoms with Crippen molar-refractivity contribution in [3.8, 4) is 0 Å². The van der Waals surface area contributed by atoms with Gasteiger partial charge in [0.2, 0.25) is 0 Å². The molecule has 0 aliphatic rings. The fraction of sp³-hybridized carbons (Fsp3) is 0.692. The standard InChI is InChI=1S/C13H21N3O3S/c1-9(2)11-12(20-16-15-11)13(19)14-8-6-4-3-5-7-10(17)18/h9H,3-8H2,1-2H3,(H,14,19)(H,17,18). The molecule has 0 aliphatic heterocycles. The van der Waals surface area contributed by atoms with Crippen LogP contribution in [0.25, 0.3) is 0 Å². The second-order valence-electron chi connectivity index (χ2n) is 4.96. The molecule has 1 heterocycles. The van der Waals surface area contributed by atoms with Crippen molar-refractivity contribution in [2.75, 3.05) is 6.54 Å². The van der Waals surface area contributed by atoms with Crippen LogP contribution in [0.4, 0.5) is 0 Å². The van der Waals surface area contributed by atoms with Crippen LogP contribution in [0.2, 0.25) is 0 Å². The van der Waals surface area contributed by atoms with Crippen LogP contribution in [0.1, 0.15) is 67.2 Å². The third-order valence-corrected chi connectivity index (χ3v) is 3.61. The molecule has 1 amide bonds. The van der Waals surface area contributed by atoms with E-state index in [1.54, 1.807) is 0 Å². The number of rotatable bonds is 9. The molecule has 0 radical (unpaired) electrons. The quantitative estimate of drug-likeness (QED) is 0.683. The Bertz CT molecular complexity index is 446. The lowest BCUT2D eigenvalue weighted by Crippen LogP contribution is -2.24. The second-order valence-corrected chi connectivity index (χ2v) is 5.71. The molecule has 0 saturated carbocycles. The zero-order chi connectivity index (χ0) is 15.0. The Kier molecular flexibility index (Phi) is 7.14. The SMILES string of the molecule is CC(C)c1nnsc1C(=O)NCCCCCCC(=O)O. The first kappa shape index (κ1) is 16.6. The van der Waals surface area contributed by atoms with Gasteiger partial charge in [-0.3, -0.25) is 9.59 Å². The van der Waals surface area contributed by atoms with Crippen molar-refractivity contribution in [3.63, 3.8) is 0 Å². The summed E-state index contributed by atoms with van der Waals surface area (Å²) < 4.78 is 3.82. The second kappa shape index (κ2) is 8.63. The Morgan fingerprint density at radius 3 is 2.60 bits per heavy atom. The normalized spacial score (nSPS) is 10.8. The minimum Gasteiger partial charge on any atom is -0.481 e. The highest BCUT2D eigenvalue weighted by Gasteiger charge is 2.17. The highest BCUT2D eigenvalue weighted by atomic mass is 32.1. The van der Waals surface area contributed by atoms with Crippen LogP contribution in [0.5, 0.6) is 0 Å². The predicted octanol–water partition coefficient (Wildman–Crippen LogP) is 2.43. The number of aromatic nitrogens is 2. The van der Waals surface area contributed by atoms with Crippen LogP contribution in [-0.2, 0) is 4.79 Å². The summed E-state index contributed by atoms with van der Waals surface area (Å²) in [5, 5.41) is 15.3. The predicted molar refractivity (Wildman–Crippen MR) is 77.1 cm³/mol. The molecule has 6 nitrogen and oxygen atoms in total. The molecule has 1 aromatic rings. The molecule has 2 N–H and O–H groups in total. The molecule has 0 aliphatic carbocycles. The van der Waals surface area contributed by atoms with Gasteiger partial charge in [-0.15, -0.1) is 5.10 Å². The van der Waals surface area contributed by atoms with Gasteiger partial charge < -0.3 is 10.4 Å². The molecule has 0 spiro atoms. The Labute approximate surface area is 122 Å². The van der Waals surface area contributed by atoms with Crippen LogP contribution in [0.3, 0.4) is 0 Å². The minimum atomic E-state index is -0.753. The summed E-state index contributed by atoms with van der Waals surface area (Å²) >= 11 is 1.12. The first-order valence-electron chi connectivity index (χ1n) is 6.84. The van der Waals surface area contributed by atoms with Crippen molar-refractivity contribution in [2.24, 2.45) is 0 Å². The van der Waals surface area contributed by atoms with Gasteiger partial charge in [0.15, 0.2) is 0 Å². The van der Waals surface area contributed by atoms with Crippen molar-refractivity contribution in [2.45, 2.75) is 51.9 Å². The van der Waals surface area contributed by atoms with E-state index in [0.717, 1.165) is 36.5 Å². The van der Waals surface area contributed by atoms with Gasteiger partial charge in [-0.2, -0.15) is 0 Å². The van der Waals surface area contributed by atoms with Crippen molar-refractivity contribution in [3.05, 3.63) is 10.6 Å². The molecule has 0 bridgehead atoms. The molecule has 20 heavy (non-hydrogen) atoms. The smallest absolute Gasteiger partial charge is 0.303 e. The number of carbonyl (C=O) groups excluding carboxylic acids is 1. The van der Waals surface area contributed by atoms with Gasteiger partial charge in [0.25, 0.3) is 5.91 Å². The number of unbranched alkanes of at least 4 members (excludes halogenated alkanes) is 3. The fourth-order valence-electron chi connectivity index (χ4n) is 1.77. The topological polar surface area (TPSA) is 92.2 Å². The van der Waals surface area contributed by atoms with E-state index < -0.39 is 5.97 Å². The highest BCUT2D eigenvalue weighted by Crippen LogP contribution is 2.19. The molecule has 0 aromatic carbocycles. The molecule has 112 valence electrons. The van der Waals surface area contributed by atoms with Gasteiger partial charge in [-0.05, 0) is 30.3 Å². The number of amides is 1. The maximum absolute atomic E-state index is 12.0. The van der Waals surface area contributed by atoms with Gasteiger partial charge >= 0.3 is 5.97 Å². The van der Waals surface area contributed by atoms with Crippen LogP contribution in [-0.4, -0.2) is 33.1 Å². The third-order valence-electron chi connectivity index (χ3n) is 2.87. The van der Waals surface area contributed by atoms with Crippen molar-refractivity contribution >= 4 is 23.4 Å². The van der Waals surface area contributed by atoms with E-state index in [1.807, 2.05) is 13.8 Å². The molecular formula is C13H21N3O3S. The van der Waals surface area contributed by atoms with Crippen LogP contribution < -0.4 is 5.32 Å².